The smallest absolute Gasteiger partial charge is 0.416 e. The van der Waals surface area contributed by atoms with Gasteiger partial charge in [-0.25, -0.2) is 0 Å². The summed E-state index contributed by atoms with van der Waals surface area (Å²) in [5.41, 5.74) is -5.10. The van der Waals surface area contributed by atoms with Crippen LogP contribution >= 0.6 is 0 Å². The van der Waals surface area contributed by atoms with Gasteiger partial charge >= 0.3 is 12.1 Å². The quantitative estimate of drug-likeness (QED) is 0.547. The number of nitrogens with zero attached hydrogens (tertiary/aromatic N) is 1. The molecule has 1 aromatic heterocycles. The molecule has 1 aliphatic heterocycles. The van der Waals surface area contributed by atoms with Gasteiger partial charge in [-0.05, 0) is 17.7 Å². The standard InChI is InChI=1S/C26H20F3NO6/c1-34-17-12-30-13-18-20(17)24(33)21(22(31)35-2)19(14-6-4-3-5-7-14)25(36-18,23(24)32)15-8-10-16(11-9-15)26(27,28)29/h3-13,19,21,33H,1-2H3/t19-,21-,24+,25?/m1/s1. The summed E-state index contributed by atoms with van der Waals surface area (Å²) in [6.07, 6.45) is -2.08. The van der Waals surface area contributed by atoms with Crippen LogP contribution in [0.2, 0.25) is 0 Å². The number of methoxy groups -OCH3 is 2. The van der Waals surface area contributed by atoms with Crippen molar-refractivity contribution < 1.29 is 42.1 Å². The summed E-state index contributed by atoms with van der Waals surface area (Å²) in [6.45, 7) is 0. The minimum atomic E-state index is -4.61. The van der Waals surface area contributed by atoms with Crippen molar-refractivity contribution in [2.45, 2.75) is 23.3 Å². The van der Waals surface area contributed by atoms with Gasteiger partial charge in [0.25, 0.3) is 0 Å². The van der Waals surface area contributed by atoms with Crippen molar-refractivity contribution in [3.05, 3.63) is 89.2 Å². The molecule has 2 aromatic carbocycles. The number of halogens is 3. The Morgan fingerprint density at radius 2 is 1.72 bits per heavy atom. The second kappa shape index (κ2) is 8.06. The fourth-order valence-corrected chi connectivity index (χ4v) is 5.42. The first kappa shape index (κ1) is 23.8. The van der Waals surface area contributed by atoms with Crippen LogP contribution in [0.5, 0.6) is 11.5 Å². The summed E-state index contributed by atoms with van der Waals surface area (Å²) in [7, 11) is 2.43. The number of aliphatic hydroxyl groups is 1. The van der Waals surface area contributed by atoms with Crippen LogP contribution in [0.4, 0.5) is 13.2 Å². The number of fused-ring (bicyclic) bond motifs is 4. The van der Waals surface area contributed by atoms with Gasteiger partial charge in [-0.2, -0.15) is 13.2 Å². The molecule has 1 unspecified atom stereocenters. The van der Waals surface area contributed by atoms with Gasteiger partial charge in [-0.1, -0.05) is 42.5 Å². The van der Waals surface area contributed by atoms with E-state index in [1.807, 2.05) is 0 Å². The van der Waals surface area contributed by atoms with E-state index in [9.17, 15) is 27.9 Å². The molecular weight excluding hydrogens is 479 g/mol. The summed E-state index contributed by atoms with van der Waals surface area (Å²) in [5.74, 6) is -4.54. The molecule has 4 atom stereocenters. The van der Waals surface area contributed by atoms with Crippen molar-refractivity contribution >= 4 is 11.8 Å². The molecule has 0 spiro atoms. The van der Waals surface area contributed by atoms with Crippen LogP contribution in [0.1, 0.15) is 28.2 Å². The summed E-state index contributed by atoms with van der Waals surface area (Å²) in [4.78, 5) is 31.6. The number of carbonyl (C=O) groups is 2. The van der Waals surface area contributed by atoms with Crippen LogP contribution in [0, 0.1) is 5.92 Å². The third kappa shape index (κ3) is 3.07. The average molecular weight is 499 g/mol. The molecule has 186 valence electrons. The molecule has 10 heteroatoms. The average Bonchev–Trinajstić information content (AvgIpc) is 3.00. The van der Waals surface area contributed by atoms with E-state index in [0.717, 1.165) is 31.4 Å². The fourth-order valence-electron chi connectivity index (χ4n) is 5.42. The van der Waals surface area contributed by atoms with Crippen LogP contribution < -0.4 is 9.47 Å². The van der Waals surface area contributed by atoms with Crippen LogP contribution in [0.3, 0.4) is 0 Å². The third-order valence-corrected chi connectivity index (χ3v) is 6.91. The van der Waals surface area contributed by atoms with E-state index >= 15 is 0 Å². The first-order chi connectivity index (χ1) is 17.1. The molecule has 7 nitrogen and oxygen atoms in total. The van der Waals surface area contributed by atoms with Crippen molar-refractivity contribution in [2.24, 2.45) is 5.92 Å². The maximum atomic E-state index is 14.3. The zero-order valence-corrected chi connectivity index (χ0v) is 19.1. The van der Waals surface area contributed by atoms with Gasteiger partial charge < -0.3 is 19.3 Å². The van der Waals surface area contributed by atoms with Crippen molar-refractivity contribution in [2.75, 3.05) is 14.2 Å². The summed E-state index contributed by atoms with van der Waals surface area (Å²) in [6, 6.07) is 12.3. The highest BCUT2D eigenvalue weighted by atomic mass is 19.4. The molecule has 2 aliphatic rings. The first-order valence-electron chi connectivity index (χ1n) is 10.9. The Morgan fingerprint density at radius 3 is 2.31 bits per heavy atom. The third-order valence-electron chi connectivity index (χ3n) is 6.91. The second-order valence-corrected chi connectivity index (χ2v) is 8.61. The lowest BCUT2D eigenvalue weighted by atomic mass is 9.75. The SMILES string of the molecule is COC(=O)[C@H]1[C@@H](c2ccccc2)C2(c3ccc(C(F)(F)F)cc3)Oc3cncc(OC)c3[C@@]1(O)C2=O. The topological polar surface area (TPSA) is 95.0 Å². The number of pyridine rings is 1. The molecule has 1 fully saturated rings. The summed E-state index contributed by atoms with van der Waals surface area (Å²) in [5, 5.41) is 12.1. The molecule has 1 N–H and O–H groups in total. The molecule has 0 saturated heterocycles. The number of rotatable bonds is 4. The number of ketones is 1. The van der Waals surface area contributed by atoms with Crippen LogP contribution in [0.25, 0.3) is 0 Å². The number of Topliss-reactive ketones (excluding diaryl/α,β-unsaturated/α-hetero) is 1. The number of carbonyl (C=O) groups excluding carboxylic acids is 2. The normalized spacial score (nSPS) is 26.7. The Hall–Kier alpha value is -3.92. The minimum Gasteiger partial charge on any atom is -0.495 e. The van der Waals surface area contributed by atoms with E-state index in [2.05, 4.69) is 4.98 Å². The Bertz CT molecular complexity index is 1340. The molecule has 1 saturated carbocycles. The molecule has 2 bridgehead atoms. The molecule has 0 radical (unpaired) electrons. The molecule has 1 aliphatic carbocycles. The van der Waals surface area contributed by atoms with Gasteiger partial charge in [0.05, 0.1) is 43.7 Å². The van der Waals surface area contributed by atoms with Gasteiger partial charge in [0.2, 0.25) is 11.4 Å². The zero-order chi connectivity index (χ0) is 25.9. The van der Waals surface area contributed by atoms with Crippen molar-refractivity contribution in [1.29, 1.82) is 0 Å². The number of hydrogen-bond acceptors (Lipinski definition) is 7. The highest BCUT2D eigenvalue weighted by Gasteiger charge is 2.77. The lowest BCUT2D eigenvalue weighted by Crippen LogP contribution is -2.51. The van der Waals surface area contributed by atoms with Crippen molar-refractivity contribution in [3.8, 4) is 11.5 Å². The van der Waals surface area contributed by atoms with Gasteiger partial charge in [0.15, 0.2) is 5.60 Å². The lowest BCUT2D eigenvalue weighted by molar-refractivity contribution is -0.162. The number of hydrogen-bond donors (Lipinski definition) is 1. The van der Waals surface area contributed by atoms with Crippen molar-refractivity contribution in [3.63, 3.8) is 0 Å². The summed E-state index contributed by atoms with van der Waals surface area (Å²) >= 11 is 0. The highest BCUT2D eigenvalue weighted by molar-refractivity contribution is 6.07. The Kier molecular flexibility index (Phi) is 5.33. The molecule has 0 amide bonds. The minimum absolute atomic E-state index is 0.00647. The maximum absolute atomic E-state index is 14.3. The second-order valence-electron chi connectivity index (χ2n) is 8.61. The predicted molar refractivity (Wildman–Crippen MR) is 118 cm³/mol. The van der Waals surface area contributed by atoms with E-state index in [0.29, 0.717) is 5.56 Å². The van der Waals surface area contributed by atoms with Crippen LogP contribution in [0.15, 0.2) is 67.0 Å². The Morgan fingerprint density at radius 1 is 1.06 bits per heavy atom. The lowest BCUT2D eigenvalue weighted by Gasteiger charge is -2.39. The van der Waals surface area contributed by atoms with E-state index in [-0.39, 0.29) is 22.6 Å². The van der Waals surface area contributed by atoms with Gasteiger partial charge in [-0.3, -0.25) is 14.6 Å². The number of aromatic nitrogens is 1. The molecule has 3 aromatic rings. The van der Waals surface area contributed by atoms with E-state index in [1.165, 1.54) is 19.5 Å². The fraction of sp³-hybridized carbons (Fsp3) is 0.269. The molecule has 5 rings (SSSR count). The predicted octanol–water partition coefficient (Wildman–Crippen LogP) is 3.74. The van der Waals surface area contributed by atoms with Crippen LogP contribution in [-0.4, -0.2) is 36.1 Å². The van der Waals surface area contributed by atoms with Gasteiger partial charge in [0.1, 0.15) is 17.4 Å². The molecule has 36 heavy (non-hydrogen) atoms. The number of benzene rings is 2. The van der Waals surface area contributed by atoms with E-state index < -0.39 is 46.5 Å². The molecular formula is C26H20F3NO6. The van der Waals surface area contributed by atoms with Gasteiger partial charge in [-0.15, -0.1) is 0 Å². The monoisotopic (exact) mass is 499 g/mol. The number of ether oxygens (including phenoxy) is 3. The number of esters is 1. The van der Waals surface area contributed by atoms with Gasteiger partial charge in [0, 0.05) is 5.56 Å². The zero-order valence-electron chi connectivity index (χ0n) is 19.1. The maximum Gasteiger partial charge on any atom is 0.416 e. The van der Waals surface area contributed by atoms with E-state index in [4.69, 9.17) is 14.2 Å². The van der Waals surface area contributed by atoms with Crippen LogP contribution in [-0.2, 0) is 31.7 Å². The highest BCUT2D eigenvalue weighted by Crippen LogP contribution is 2.65. The van der Waals surface area contributed by atoms with E-state index in [1.54, 1.807) is 30.3 Å². The largest absolute Gasteiger partial charge is 0.495 e. The Labute approximate surface area is 203 Å². The first-order valence-corrected chi connectivity index (χ1v) is 10.9. The summed E-state index contributed by atoms with van der Waals surface area (Å²) < 4.78 is 56.6. The molecule has 2 heterocycles. The Balaban J connectivity index is 1.86. The van der Waals surface area contributed by atoms with Crippen molar-refractivity contribution in [1.82, 2.24) is 4.98 Å². The number of alkyl halides is 3.